The Labute approximate surface area is 326 Å². The van der Waals surface area contributed by atoms with Crippen LogP contribution in [0.1, 0.15) is 78.6 Å². The molecule has 0 unspecified atom stereocenters. The highest BCUT2D eigenvalue weighted by molar-refractivity contribution is 7.90. The van der Waals surface area contributed by atoms with Gasteiger partial charge in [-0.25, -0.2) is 23.0 Å². The molecule has 2 saturated carbocycles. The lowest BCUT2D eigenvalue weighted by Gasteiger charge is -2.31. The second kappa shape index (κ2) is 15.5. The molecular weight excluding hydrogens is 739 g/mol. The van der Waals surface area contributed by atoms with Crippen LogP contribution in [0.15, 0.2) is 60.2 Å². The van der Waals surface area contributed by atoms with Gasteiger partial charge in [0.2, 0.25) is 21.8 Å². The van der Waals surface area contributed by atoms with Crippen molar-refractivity contribution in [2.75, 3.05) is 13.7 Å². The molecule has 5 atom stereocenters. The molecule has 3 heterocycles. The number of benzene rings is 2. The van der Waals surface area contributed by atoms with Gasteiger partial charge in [0.15, 0.2) is 0 Å². The number of pyridine rings is 1. The quantitative estimate of drug-likeness (QED) is 0.269. The molecule has 0 spiro atoms. The van der Waals surface area contributed by atoms with E-state index >= 15 is 0 Å². The van der Waals surface area contributed by atoms with Crippen molar-refractivity contribution >= 4 is 44.8 Å². The Bertz CT molecular complexity index is 2160. The maximum atomic E-state index is 14.6. The van der Waals surface area contributed by atoms with Crippen molar-refractivity contribution in [1.29, 1.82) is 0 Å². The van der Waals surface area contributed by atoms with E-state index in [0.29, 0.717) is 66.6 Å². The molecule has 2 aliphatic carbocycles. The number of fused-ring (bicyclic) bond motifs is 3. The molecule has 0 radical (unpaired) electrons. The van der Waals surface area contributed by atoms with Crippen LogP contribution in [0.5, 0.6) is 11.5 Å². The van der Waals surface area contributed by atoms with Crippen LogP contribution in [0.3, 0.4) is 0 Å². The Hall–Kier alpha value is -4.98. The van der Waals surface area contributed by atoms with E-state index in [0.717, 1.165) is 18.4 Å². The molecule has 15 heteroatoms. The molecule has 3 aromatic rings. The highest BCUT2D eigenvalue weighted by Gasteiger charge is 2.66. The molecule has 0 bridgehead atoms. The summed E-state index contributed by atoms with van der Waals surface area (Å²) in [4.78, 5) is 60.8. The molecule has 298 valence electrons. The first-order chi connectivity index (χ1) is 26.7. The number of nitrogens with zero attached hydrogens (tertiary/aromatic N) is 2. The molecule has 2 aromatic carbocycles. The third-order valence-electron chi connectivity index (χ3n) is 10.8. The van der Waals surface area contributed by atoms with Gasteiger partial charge in [0.25, 0.3) is 0 Å². The number of rotatable bonds is 8. The van der Waals surface area contributed by atoms with Crippen LogP contribution < -0.4 is 24.8 Å². The Balaban J connectivity index is 1.25. The van der Waals surface area contributed by atoms with Crippen molar-refractivity contribution in [1.82, 2.24) is 25.2 Å². The summed E-state index contributed by atoms with van der Waals surface area (Å²) in [7, 11) is -2.30. The van der Waals surface area contributed by atoms with Crippen LogP contribution in [0, 0.1) is 5.92 Å². The van der Waals surface area contributed by atoms with Gasteiger partial charge in [-0.1, -0.05) is 56.0 Å². The van der Waals surface area contributed by atoms with E-state index in [9.17, 15) is 27.6 Å². The average molecular weight is 788 g/mol. The van der Waals surface area contributed by atoms with Gasteiger partial charge in [0.1, 0.15) is 46.9 Å². The molecule has 3 N–H and O–H groups in total. The lowest BCUT2D eigenvalue weighted by molar-refractivity contribution is -0.140. The van der Waals surface area contributed by atoms with Gasteiger partial charge in [-0.15, -0.1) is 0 Å². The van der Waals surface area contributed by atoms with E-state index in [1.165, 1.54) is 4.90 Å². The first-order valence-electron chi connectivity index (χ1n) is 19.3. The van der Waals surface area contributed by atoms with Gasteiger partial charge in [-0.3, -0.25) is 9.59 Å². The van der Waals surface area contributed by atoms with E-state index in [-0.39, 0.29) is 18.5 Å². The molecule has 4 fully saturated rings. The first-order valence-corrected chi connectivity index (χ1v) is 20.9. The number of aromatic nitrogens is 1. The second-order valence-electron chi connectivity index (χ2n) is 16.1. The molecular formula is C41H49N5O9S. The number of carbonyl (C=O) groups excluding carboxylic acids is 4. The van der Waals surface area contributed by atoms with Gasteiger partial charge in [0, 0.05) is 35.4 Å². The van der Waals surface area contributed by atoms with Crippen molar-refractivity contribution in [3.63, 3.8) is 0 Å². The average Bonchev–Trinajstić information content (AvgIpc) is 4.06. The molecule has 7 rings (SSSR count). The Morgan fingerprint density at radius 1 is 1.00 bits per heavy atom. The van der Waals surface area contributed by atoms with Crippen LogP contribution in [0.2, 0.25) is 0 Å². The normalized spacial score (nSPS) is 25.9. The zero-order valence-corrected chi connectivity index (χ0v) is 32.9. The van der Waals surface area contributed by atoms with Crippen molar-refractivity contribution in [2.45, 2.75) is 113 Å². The van der Waals surface area contributed by atoms with Gasteiger partial charge >= 0.3 is 6.09 Å². The molecule has 14 nitrogen and oxygen atoms in total. The minimum Gasteiger partial charge on any atom is -0.497 e. The summed E-state index contributed by atoms with van der Waals surface area (Å²) in [5, 5.41) is 5.73. The minimum atomic E-state index is -3.87. The fourth-order valence-electron chi connectivity index (χ4n) is 7.84. The Morgan fingerprint density at radius 3 is 2.41 bits per heavy atom. The maximum absolute atomic E-state index is 14.6. The molecule has 3 amide bonds. The summed E-state index contributed by atoms with van der Waals surface area (Å²) in [6, 6.07) is 14.7. The third-order valence-corrected chi connectivity index (χ3v) is 12.8. The number of ether oxygens (including phenoxy) is 3. The summed E-state index contributed by atoms with van der Waals surface area (Å²) < 4.78 is 47.1. The van der Waals surface area contributed by atoms with Crippen LogP contribution in [-0.2, 0) is 29.1 Å². The number of methoxy groups -OCH3 is 1. The number of hydrogen-bond acceptors (Lipinski definition) is 10. The van der Waals surface area contributed by atoms with Gasteiger partial charge in [0.05, 0.1) is 35.7 Å². The molecule has 4 aliphatic rings. The second-order valence-corrected chi connectivity index (χ2v) is 18.1. The van der Waals surface area contributed by atoms with Gasteiger partial charge < -0.3 is 29.7 Å². The zero-order valence-electron chi connectivity index (χ0n) is 32.1. The van der Waals surface area contributed by atoms with Crippen LogP contribution in [0.4, 0.5) is 4.79 Å². The van der Waals surface area contributed by atoms with Crippen LogP contribution >= 0.6 is 0 Å². The lowest BCUT2D eigenvalue weighted by Crippen LogP contribution is -2.59. The molecule has 2 saturated heterocycles. The van der Waals surface area contributed by atoms with Gasteiger partial charge in [-0.2, -0.15) is 4.72 Å². The van der Waals surface area contributed by atoms with Crippen LogP contribution in [0.25, 0.3) is 22.2 Å². The topological polar surface area (TPSA) is 182 Å². The lowest BCUT2D eigenvalue weighted by atomic mass is 10.0. The number of carbonyl (C=O) groups is 3. The monoisotopic (exact) mass is 787 g/mol. The fraction of sp³-hybridized carbons (Fsp3) is 0.512. The van der Waals surface area contributed by atoms with Crippen molar-refractivity contribution in [3.05, 3.63) is 60.2 Å². The first kappa shape index (κ1) is 39.3. The highest BCUT2D eigenvalue weighted by Crippen LogP contribution is 2.51. The minimum absolute atomic E-state index is 0.0231. The van der Waals surface area contributed by atoms with Gasteiger partial charge in [-0.05, 0) is 58.6 Å². The fourth-order valence-corrected chi connectivity index (χ4v) is 9.52. The number of alkyl carbamates (subject to hydrolysis) is 1. The number of nitrogens with one attached hydrogen (secondary N) is 3. The maximum Gasteiger partial charge on any atom is 0.408 e. The summed E-state index contributed by atoms with van der Waals surface area (Å²) in [5.74, 6) is 1.28. The van der Waals surface area contributed by atoms with E-state index in [2.05, 4.69) is 15.4 Å². The summed E-state index contributed by atoms with van der Waals surface area (Å²) in [6.07, 6.45) is 3.00. The standard InChI is InChI=1S/C41H49N5O9S/c1-40(2,3)55-39(50)43-32-15-11-6-5-10-14-30-31(24-47)41(30,45-56(51,52)28-17-18-28)44-37(48)35-21-27(23-46(35)38(32)49)54-36-22-33(25-12-8-7-9-13-25)42-34-20-26(53-4)16-19-29(34)36/h7-9,12-13,16,19-20,22,27-28,30,32,35,45H,5-6,10-11,14-15,17-18,21,23H2,1-4H3,(H,43,50)(H,44,48)/t27-,30-,32+,35+,41-/m1/s1. The highest BCUT2D eigenvalue weighted by atomic mass is 32.2. The number of hydrogen-bond donors (Lipinski definition) is 3. The SMILES string of the molecule is COc1ccc2c(O[C@@H]3C[C@H]4C(=O)N[C@]5(NS(=O)(=O)C6CC6)C(=C=O)[C@H]5CCCCCC[C@H](NC(=O)OC(C)(C)C)C(=O)N4C3)cc(-c3ccccc3)nc2c1. The summed E-state index contributed by atoms with van der Waals surface area (Å²) in [6.45, 7) is 5.17. The zero-order chi connectivity index (χ0) is 39.8. The predicted octanol–water partition coefficient (Wildman–Crippen LogP) is 4.79. The van der Waals surface area contributed by atoms with Crippen LogP contribution in [-0.4, -0.2) is 90.5 Å². The van der Waals surface area contributed by atoms with Crippen molar-refractivity contribution < 1.29 is 41.8 Å². The largest absolute Gasteiger partial charge is 0.497 e. The summed E-state index contributed by atoms with van der Waals surface area (Å²) >= 11 is 0. The van der Waals surface area contributed by atoms with E-state index in [1.807, 2.05) is 48.4 Å². The molecule has 2 aliphatic heterocycles. The number of amides is 3. The molecule has 1 aromatic heterocycles. The van der Waals surface area contributed by atoms with E-state index in [1.54, 1.807) is 40.0 Å². The third kappa shape index (κ3) is 8.40. The number of sulfonamides is 1. The van der Waals surface area contributed by atoms with Crippen molar-refractivity contribution in [2.24, 2.45) is 5.92 Å². The Kier molecular flexibility index (Phi) is 10.9. The smallest absolute Gasteiger partial charge is 0.408 e. The molecule has 56 heavy (non-hydrogen) atoms. The predicted molar refractivity (Wildman–Crippen MR) is 208 cm³/mol. The Morgan fingerprint density at radius 2 is 1.73 bits per heavy atom. The summed E-state index contributed by atoms with van der Waals surface area (Å²) in [5.41, 5.74) is -0.195. The van der Waals surface area contributed by atoms with Crippen molar-refractivity contribution in [3.8, 4) is 22.8 Å². The van der Waals surface area contributed by atoms with E-state index in [4.69, 9.17) is 19.2 Å². The van der Waals surface area contributed by atoms with E-state index < -0.39 is 68.6 Å².